The van der Waals surface area contributed by atoms with Gasteiger partial charge in [0.15, 0.2) is 0 Å². The molecule has 2 aliphatic carbocycles. The Hall–Kier alpha value is -1.06. The fourth-order valence-corrected chi connectivity index (χ4v) is 3.56. The molecule has 0 aromatic carbocycles. The number of amides is 1. The number of rotatable bonds is 2. The summed E-state index contributed by atoms with van der Waals surface area (Å²) in [5, 5.41) is 12.0. The van der Waals surface area contributed by atoms with E-state index in [1.165, 1.54) is 32.6 Å². The van der Waals surface area contributed by atoms with Gasteiger partial charge < -0.3 is 10.4 Å². The van der Waals surface area contributed by atoms with E-state index >= 15 is 0 Å². The summed E-state index contributed by atoms with van der Waals surface area (Å²) in [4.78, 5) is 22.6. The van der Waals surface area contributed by atoms with E-state index in [1.54, 1.807) is 0 Å². The van der Waals surface area contributed by atoms with Crippen molar-refractivity contribution in [2.75, 3.05) is 0 Å². The molecule has 2 N–H and O–H groups in total. The highest BCUT2D eigenvalue weighted by molar-refractivity contribution is 5.86. The van der Waals surface area contributed by atoms with Crippen LogP contribution in [0.1, 0.15) is 58.3 Å². The molecule has 2 aliphatic rings. The number of hydrogen-bond acceptors (Lipinski definition) is 2. The molecule has 0 aromatic rings. The van der Waals surface area contributed by atoms with Crippen LogP contribution in [0.15, 0.2) is 0 Å². The van der Waals surface area contributed by atoms with E-state index in [-0.39, 0.29) is 5.91 Å². The largest absolute Gasteiger partial charge is 0.480 e. The SMILES string of the molecule is CC(=O)NC1(C(=O)O)CCC2(CCCC2)CC1. The standard InChI is InChI=1S/C13H21NO3/c1-10(15)14-13(11(16)17)8-6-12(7-9-13)4-2-3-5-12/h2-9H2,1H3,(H,14,15)(H,16,17). The molecule has 0 radical (unpaired) electrons. The van der Waals surface area contributed by atoms with E-state index in [2.05, 4.69) is 5.32 Å². The van der Waals surface area contributed by atoms with Crippen molar-refractivity contribution in [3.05, 3.63) is 0 Å². The van der Waals surface area contributed by atoms with E-state index in [1.807, 2.05) is 0 Å². The molecule has 1 amide bonds. The number of hydrogen-bond donors (Lipinski definition) is 2. The third-order valence-corrected chi connectivity index (χ3v) is 4.65. The second kappa shape index (κ2) is 4.31. The van der Waals surface area contributed by atoms with Crippen molar-refractivity contribution >= 4 is 11.9 Å². The van der Waals surface area contributed by atoms with Crippen LogP contribution in [0.4, 0.5) is 0 Å². The van der Waals surface area contributed by atoms with Crippen molar-refractivity contribution in [1.82, 2.24) is 5.32 Å². The number of carbonyl (C=O) groups excluding carboxylic acids is 1. The highest BCUT2D eigenvalue weighted by Gasteiger charge is 2.48. The Morgan fingerprint density at radius 1 is 1.00 bits per heavy atom. The zero-order valence-corrected chi connectivity index (χ0v) is 10.4. The van der Waals surface area contributed by atoms with Gasteiger partial charge in [0.2, 0.25) is 5.91 Å². The van der Waals surface area contributed by atoms with Crippen molar-refractivity contribution in [2.24, 2.45) is 5.41 Å². The fourth-order valence-electron chi connectivity index (χ4n) is 3.56. The molecule has 0 heterocycles. The first-order valence-electron chi connectivity index (χ1n) is 6.50. The monoisotopic (exact) mass is 239 g/mol. The Morgan fingerprint density at radius 2 is 1.53 bits per heavy atom. The van der Waals surface area contributed by atoms with Gasteiger partial charge in [0, 0.05) is 6.92 Å². The molecule has 4 nitrogen and oxygen atoms in total. The van der Waals surface area contributed by atoms with Crippen molar-refractivity contribution in [1.29, 1.82) is 0 Å². The van der Waals surface area contributed by atoms with E-state index in [9.17, 15) is 14.7 Å². The molecule has 0 atom stereocenters. The summed E-state index contributed by atoms with van der Waals surface area (Å²) in [5.41, 5.74) is -0.614. The van der Waals surface area contributed by atoms with Gasteiger partial charge in [0.05, 0.1) is 0 Å². The van der Waals surface area contributed by atoms with Crippen LogP contribution in [0.5, 0.6) is 0 Å². The summed E-state index contributed by atoms with van der Waals surface area (Å²) in [6.45, 7) is 1.39. The van der Waals surface area contributed by atoms with E-state index in [4.69, 9.17) is 0 Å². The minimum absolute atomic E-state index is 0.241. The number of aliphatic carboxylic acids is 1. The molecule has 0 unspecified atom stereocenters. The summed E-state index contributed by atoms with van der Waals surface area (Å²) in [5.74, 6) is -1.12. The van der Waals surface area contributed by atoms with Gasteiger partial charge in [0.1, 0.15) is 5.54 Å². The number of carbonyl (C=O) groups is 2. The Balaban J connectivity index is 2.07. The molecule has 1 spiro atoms. The van der Waals surface area contributed by atoms with Gasteiger partial charge in [-0.3, -0.25) is 4.79 Å². The topological polar surface area (TPSA) is 66.4 Å². The lowest BCUT2D eigenvalue weighted by Crippen LogP contribution is -2.56. The zero-order valence-electron chi connectivity index (χ0n) is 10.4. The molecule has 96 valence electrons. The Morgan fingerprint density at radius 3 is 1.94 bits per heavy atom. The van der Waals surface area contributed by atoms with E-state index < -0.39 is 11.5 Å². The van der Waals surface area contributed by atoms with Crippen molar-refractivity contribution in [2.45, 2.75) is 63.8 Å². The second-order valence-electron chi connectivity index (χ2n) is 5.78. The number of carboxylic acid groups (broad SMARTS) is 1. The van der Waals surface area contributed by atoms with Crippen molar-refractivity contribution in [3.63, 3.8) is 0 Å². The van der Waals surface area contributed by atoms with Gasteiger partial charge in [-0.15, -0.1) is 0 Å². The molecular formula is C13H21NO3. The maximum absolute atomic E-state index is 11.4. The van der Waals surface area contributed by atoms with Crippen molar-refractivity contribution in [3.8, 4) is 0 Å². The Kier molecular flexibility index (Phi) is 3.15. The predicted molar refractivity (Wildman–Crippen MR) is 63.6 cm³/mol. The molecular weight excluding hydrogens is 218 g/mol. The lowest BCUT2D eigenvalue weighted by Gasteiger charge is -2.42. The van der Waals surface area contributed by atoms with Gasteiger partial charge >= 0.3 is 5.97 Å². The molecule has 0 bridgehead atoms. The lowest BCUT2D eigenvalue weighted by molar-refractivity contribution is -0.150. The van der Waals surface area contributed by atoms with Gasteiger partial charge in [-0.2, -0.15) is 0 Å². The zero-order chi connectivity index (χ0) is 12.5. The van der Waals surface area contributed by atoms with Crippen molar-refractivity contribution < 1.29 is 14.7 Å². The molecule has 0 aliphatic heterocycles. The molecule has 2 rings (SSSR count). The molecule has 17 heavy (non-hydrogen) atoms. The highest BCUT2D eigenvalue weighted by atomic mass is 16.4. The lowest BCUT2D eigenvalue weighted by atomic mass is 9.66. The number of nitrogens with one attached hydrogen (secondary N) is 1. The Bertz CT molecular complexity index is 322. The first kappa shape index (κ1) is 12.4. The maximum Gasteiger partial charge on any atom is 0.329 e. The number of carboxylic acids is 1. The van der Waals surface area contributed by atoms with Crippen LogP contribution >= 0.6 is 0 Å². The van der Waals surface area contributed by atoms with Crippen LogP contribution in [-0.4, -0.2) is 22.5 Å². The molecule has 4 heteroatoms. The minimum atomic E-state index is -1.00. The molecule has 2 fully saturated rings. The van der Waals surface area contributed by atoms with Crippen LogP contribution in [0, 0.1) is 5.41 Å². The second-order valence-corrected chi connectivity index (χ2v) is 5.78. The van der Waals surface area contributed by atoms with E-state index in [0.29, 0.717) is 18.3 Å². The minimum Gasteiger partial charge on any atom is -0.480 e. The maximum atomic E-state index is 11.4. The molecule has 2 saturated carbocycles. The summed E-state index contributed by atoms with van der Waals surface area (Å²) in [7, 11) is 0. The molecule has 0 aromatic heterocycles. The van der Waals surface area contributed by atoms with Crippen LogP contribution in [-0.2, 0) is 9.59 Å². The van der Waals surface area contributed by atoms with Gasteiger partial charge in [-0.25, -0.2) is 4.79 Å². The third kappa shape index (κ3) is 2.31. The van der Waals surface area contributed by atoms with Gasteiger partial charge in [0.25, 0.3) is 0 Å². The third-order valence-electron chi connectivity index (χ3n) is 4.65. The normalized spacial score (nSPS) is 25.7. The first-order chi connectivity index (χ1) is 7.98. The fraction of sp³-hybridized carbons (Fsp3) is 0.846. The summed E-state index contributed by atoms with van der Waals surface area (Å²) < 4.78 is 0. The van der Waals surface area contributed by atoms with Crippen LogP contribution in [0.3, 0.4) is 0 Å². The summed E-state index contributed by atoms with van der Waals surface area (Å²) in [6, 6.07) is 0. The van der Waals surface area contributed by atoms with Gasteiger partial charge in [-0.05, 0) is 43.9 Å². The average Bonchev–Trinajstić information content (AvgIpc) is 2.70. The first-order valence-corrected chi connectivity index (χ1v) is 6.50. The predicted octanol–water partition coefficient (Wildman–Crippen LogP) is 2.08. The summed E-state index contributed by atoms with van der Waals surface area (Å²) >= 11 is 0. The Labute approximate surface area is 102 Å². The quantitative estimate of drug-likeness (QED) is 0.775. The highest BCUT2D eigenvalue weighted by Crippen LogP contribution is 2.51. The van der Waals surface area contributed by atoms with Crippen LogP contribution < -0.4 is 5.32 Å². The average molecular weight is 239 g/mol. The van der Waals surface area contributed by atoms with Crippen LogP contribution in [0.2, 0.25) is 0 Å². The van der Waals surface area contributed by atoms with E-state index in [0.717, 1.165) is 12.8 Å². The van der Waals surface area contributed by atoms with Crippen LogP contribution in [0.25, 0.3) is 0 Å². The van der Waals surface area contributed by atoms with Gasteiger partial charge in [-0.1, -0.05) is 12.8 Å². The smallest absolute Gasteiger partial charge is 0.329 e. The summed E-state index contributed by atoms with van der Waals surface area (Å²) in [6.07, 6.45) is 8.09. The molecule has 0 saturated heterocycles.